The zero-order chi connectivity index (χ0) is 13.8. The average Bonchev–Trinajstić information content (AvgIpc) is 2.85. The summed E-state index contributed by atoms with van der Waals surface area (Å²) in [5.41, 5.74) is -1.51. The number of aryl methyl sites for hydroxylation is 1. The molecule has 0 radical (unpaired) electrons. The van der Waals surface area contributed by atoms with Crippen LogP contribution in [-0.2, 0) is 7.05 Å². The first-order chi connectivity index (χ1) is 9.06. The Labute approximate surface area is 115 Å². The molecule has 1 saturated carbocycles. The van der Waals surface area contributed by atoms with Gasteiger partial charge in [0, 0.05) is 12.8 Å². The molecule has 6 nitrogen and oxygen atoms in total. The standard InChI is InChI=1S/C12H19N3O3S/c1-15-12(13-10(17)11(18)14-15)19-7-9(16)6-8-4-2-3-5-8/h8-9,16H,2-7H2,1H3,(H,14,18). The number of aromatic amines is 1. The van der Waals surface area contributed by atoms with Gasteiger partial charge in [0.15, 0.2) is 5.16 Å². The molecule has 0 aliphatic heterocycles. The molecular weight excluding hydrogens is 266 g/mol. The quantitative estimate of drug-likeness (QED) is 0.607. The van der Waals surface area contributed by atoms with Gasteiger partial charge in [-0.25, -0.2) is 0 Å². The lowest BCUT2D eigenvalue weighted by atomic mass is 10.0. The Morgan fingerprint density at radius 2 is 2.16 bits per heavy atom. The third-order valence-corrected chi connectivity index (χ3v) is 4.61. The normalized spacial score (nSPS) is 17.8. The van der Waals surface area contributed by atoms with Gasteiger partial charge in [0.05, 0.1) is 6.10 Å². The van der Waals surface area contributed by atoms with Gasteiger partial charge in [0.25, 0.3) is 0 Å². The average molecular weight is 285 g/mol. The zero-order valence-corrected chi connectivity index (χ0v) is 11.8. The number of aromatic nitrogens is 3. The molecule has 1 heterocycles. The van der Waals surface area contributed by atoms with Crippen molar-refractivity contribution in [3.05, 3.63) is 20.7 Å². The molecule has 2 rings (SSSR count). The second kappa shape index (κ2) is 6.38. The minimum absolute atomic E-state index is 0.392. The third-order valence-electron chi connectivity index (χ3n) is 3.43. The molecule has 1 fully saturated rings. The van der Waals surface area contributed by atoms with Crippen molar-refractivity contribution in [3.63, 3.8) is 0 Å². The highest BCUT2D eigenvalue weighted by molar-refractivity contribution is 7.99. The van der Waals surface area contributed by atoms with Crippen LogP contribution in [0.3, 0.4) is 0 Å². The molecule has 106 valence electrons. The van der Waals surface area contributed by atoms with Gasteiger partial charge in [-0.3, -0.25) is 19.4 Å². The van der Waals surface area contributed by atoms with E-state index in [-0.39, 0.29) is 0 Å². The summed E-state index contributed by atoms with van der Waals surface area (Å²) < 4.78 is 1.41. The van der Waals surface area contributed by atoms with E-state index in [1.165, 1.54) is 42.1 Å². The van der Waals surface area contributed by atoms with Gasteiger partial charge in [-0.2, -0.15) is 4.98 Å². The van der Waals surface area contributed by atoms with Crippen molar-refractivity contribution in [3.8, 4) is 0 Å². The molecule has 0 spiro atoms. The number of rotatable bonds is 5. The molecular formula is C12H19N3O3S. The fraction of sp³-hybridized carbons (Fsp3) is 0.750. The summed E-state index contributed by atoms with van der Waals surface area (Å²) in [6.07, 6.45) is 5.36. The van der Waals surface area contributed by atoms with Gasteiger partial charge < -0.3 is 5.11 Å². The van der Waals surface area contributed by atoms with Crippen molar-refractivity contribution < 1.29 is 5.11 Å². The smallest absolute Gasteiger partial charge is 0.339 e. The fourth-order valence-electron chi connectivity index (χ4n) is 2.46. The van der Waals surface area contributed by atoms with E-state index in [9.17, 15) is 14.7 Å². The highest BCUT2D eigenvalue weighted by atomic mass is 32.2. The van der Waals surface area contributed by atoms with Crippen LogP contribution in [0, 0.1) is 5.92 Å². The van der Waals surface area contributed by atoms with E-state index >= 15 is 0 Å². The largest absolute Gasteiger partial charge is 0.392 e. The van der Waals surface area contributed by atoms with Crippen molar-refractivity contribution in [1.82, 2.24) is 14.8 Å². The maximum atomic E-state index is 11.2. The molecule has 7 heteroatoms. The maximum absolute atomic E-state index is 11.2. The second-order valence-corrected chi connectivity index (χ2v) is 6.04. The van der Waals surface area contributed by atoms with Gasteiger partial charge in [0.1, 0.15) is 0 Å². The molecule has 0 aromatic carbocycles. The highest BCUT2D eigenvalue weighted by Crippen LogP contribution is 2.29. The molecule has 1 aliphatic rings. The number of aliphatic hydroxyl groups excluding tert-OH is 1. The van der Waals surface area contributed by atoms with Crippen molar-refractivity contribution in [2.45, 2.75) is 43.4 Å². The topological polar surface area (TPSA) is 88.0 Å². The lowest BCUT2D eigenvalue weighted by molar-refractivity contribution is 0.165. The van der Waals surface area contributed by atoms with Crippen LogP contribution in [0.1, 0.15) is 32.1 Å². The second-order valence-electron chi connectivity index (χ2n) is 5.05. The van der Waals surface area contributed by atoms with E-state index in [1.807, 2.05) is 0 Å². The lowest BCUT2D eigenvalue weighted by Crippen LogP contribution is -2.34. The molecule has 1 aliphatic carbocycles. The number of hydrogen-bond donors (Lipinski definition) is 2. The summed E-state index contributed by atoms with van der Waals surface area (Å²) in [7, 11) is 1.62. The molecule has 1 aromatic heterocycles. The minimum atomic E-state index is -0.786. The summed E-state index contributed by atoms with van der Waals surface area (Å²) in [4.78, 5) is 25.9. The van der Waals surface area contributed by atoms with Crippen LogP contribution in [0.4, 0.5) is 0 Å². The first-order valence-corrected chi connectivity index (χ1v) is 7.53. The molecule has 1 aromatic rings. The van der Waals surface area contributed by atoms with E-state index in [1.54, 1.807) is 7.05 Å². The predicted octanol–water partition coefficient (Wildman–Crippen LogP) is 0.502. The molecule has 0 bridgehead atoms. The first-order valence-electron chi connectivity index (χ1n) is 6.54. The van der Waals surface area contributed by atoms with Gasteiger partial charge in [0.2, 0.25) is 0 Å². The summed E-state index contributed by atoms with van der Waals surface area (Å²) in [5, 5.41) is 12.8. The number of thioether (sulfide) groups is 1. The van der Waals surface area contributed by atoms with Crippen LogP contribution in [0.15, 0.2) is 14.7 Å². The fourth-order valence-corrected chi connectivity index (χ4v) is 3.32. The number of nitrogens with one attached hydrogen (secondary N) is 1. The van der Waals surface area contributed by atoms with E-state index in [2.05, 4.69) is 10.1 Å². The van der Waals surface area contributed by atoms with E-state index in [0.29, 0.717) is 16.8 Å². The van der Waals surface area contributed by atoms with Crippen LogP contribution in [-0.4, -0.2) is 31.7 Å². The Bertz CT molecular complexity index is 534. The van der Waals surface area contributed by atoms with E-state index in [4.69, 9.17) is 0 Å². The molecule has 1 atom stereocenters. The van der Waals surface area contributed by atoms with Crippen molar-refractivity contribution in [2.24, 2.45) is 13.0 Å². The first kappa shape index (κ1) is 14.3. The van der Waals surface area contributed by atoms with Gasteiger partial charge >= 0.3 is 11.1 Å². The molecule has 0 saturated heterocycles. The summed E-state index contributed by atoms with van der Waals surface area (Å²) in [5.74, 6) is 1.12. The molecule has 2 N–H and O–H groups in total. The Morgan fingerprint density at radius 3 is 2.84 bits per heavy atom. The lowest BCUT2D eigenvalue weighted by Gasteiger charge is -2.15. The molecule has 1 unspecified atom stereocenters. The Hall–Kier alpha value is -1.08. The summed E-state index contributed by atoms with van der Waals surface area (Å²) in [6, 6.07) is 0. The Kier molecular flexibility index (Phi) is 4.81. The van der Waals surface area contributed by atoms with Crippen molar-refractivity contribution in [1.29, 1.82) is 0 Å². The summed E-state index contributed by atoms with van der Waals surface area (Å²) in [6.45, 7) is 0. The number of aliphatic hydroxyl groups is 1. The Balaban J connectivity index is 1.89. The van der Waals surface area contributed by atoms with Crippen molar-refractivity contribution >= 4 is 11.8 Å². The molecule has 0 amide bonds. The van der Waals surface area contributed by atoms with E-state index < -0.39 is 17.2 Å². The monoisotopic (exact) mass is 285 g/mol. The summed E-state index contributed by atoms with van der Waals surface area (Å²) >= 11 is 1.29. The van der Waals surface area contributed by atoms with Gasteiger partial charge in [-0.1, -0.05) is 37.4 Å². The van der Waals surface area contributed by atoms with Crippen LogP contribution < -0.4 is 11.1 Å². The SMILES string of the molecule is Cn1[nH]c(=O)c(=O)nc1SCC(O)CC1CCCC1. The van der Waals surface area contributed by atoms with Crippen LogP contribution >= 0.6 is 11.8 Å². The van der Waals surface area contributed by atoms with Crippen LogP contribution in [0.2, 0.25) is 0 Å². The van der Waals surface area contributed by atoms with Gasteiger partial charge in [-0.15, -0.1) is 0 Å². The zero-order valence-electron chi connectivity index (χ0n) is 11.0. The highest BCUT2D eigenvalue weighted by Gasteiger charge is 2.19. The number of nitrogens with zero attached hydrogens (tertiary/aromatic N) is 2. The minimum Gasteiger partial charge on any atom is -0.392 e. The number of hydrogen-bond acceptors (Lipinski definition) is 5. The van der Waals surface area contributed by atoms with Crippen molar-refractivity contribution in [2.75, 3.05) is 5.75 Å². The maximum Gasteiger partial charge on any atom is 0.339 e. The molecule has 19 heavy (non-hydrogen) atoms. The van der Waals surface area contributed by atoms with E-state index in [0.717, 1.165) is 6.42 Å². The van der Waals surface area contributed by atoms with Crippen LogP contribution in [0.25, 0.3) is 0 Å². The number of H-pyrrole nitrogens is 1. The predicted molar refractivity (Wildman–Crippen MR) is 73.4 cm³/mol. The van der Waals surface area contributed by atoms with Crippen LogP contribution in [0.5, 0.6) is 0 Å². The Morgan fingerprint density at radius 1 is 1.47 bits per heavy atom. The third kappa shape index (κ3) is 3.94. The van der Waals surface area contributed by atoms with Gasteiger partial charge in [-0.05, 0) is 12.3 Å².